The van der Waals surface area contributed by atoms with Crippen LogP contribution in [0, 0.1) is 0 Å². The van der Waals surface area contributed by atoms with Crippen LogP contribution < -0.4 is 11.1 Å². The Kier molecular flexibility index (Phi) is 8.20. The lowest BCUT2D eigenvalue weighted by atomic mass is 9.94. The van der Waals surface area contributed by atoms with E-state index in [2.05, 4.69) is 37.9 Å². The summed E-state index contributed by atoms with van der Waals surface area (Å²) in [5.41, 5.74) is 4.94. The number of hydrogen-bond donors (Lipinski definition) is 2. The number of nitrogens with one attached hydrogen (secondary N) is 1. The predicted octanol–water partition coefficient (Wildman–Crippen LogP) is 1.74. The standard InChI is InChI=1S/C14H31N3O/c1-6-10-16-14(5,13(15)18)9-8-11-17(7-2)12(3)4/h12,16H,6-11H2,1-5H3,(H2,15,18). The number of carbonyl (C=O) groups excluding carboxylic acids is 1. The molecule has 0 saturated heterocycles. The van der Waals surface area contributed by atoms with Crippen LogP contribution in [0.3, 0.4) is 0 Å². The molecule has 4 heteroatoms. The predicted molar refractivity (Wildman–Crippen MR) is 77.5 cm³/mol. The van der Waals surface area contributed by atoms with Gasteiger partial charge >= 0.3 is 0 Å². The first-order valence-corrected chi connectivity index (χ1v) is 7.16. The van der Waals surface area contributed by atoms with Crippen LogP contribution in [0.15, 0.2) is 0 Å². The summed E-state index contributed by atoms with van der Waals surface area (Å²) in [4.78, 5) is 14.0. The third-order valence-electron chi connectivity index (χ3n) is 3.57. The molecule has 0 aromatic heterocycles. The first-order chi connectivity index (χ1) is 8.37. The van der Waals surface area contributed by atoms with Gasteiger partial charge < -0.3 is 16.0 Å². The van der Waals surface area contributed by atoms with E-state index in [0.29, 0.717) is 6.04 Å². The van der Waals surface area contributed by atoms with Gasteiger partial charge in [0.15, 0.2) is 0 Å². The minimum atomic E-state index is -0.563. The van der Waals surface area contributed by atoms with E-state index in [-0.39, 0.29) is 5.91 Å². The molecule has 0 aromatic carbocycles. The summed E-state index contributed by atoms with van der Waals surface area (Å²) in [7, 11) is 0. The number of amides is 1. The van der Waals surface area contributed by atoms with E-state index >= 15 is 0 Å². The minimum Gasteiger partial charge on any atom is -0.368 e. The molecule has 4 nitrogen and oxygen atoms in total. The number of carbonyl (C=O) groups is 1. The van der Waals surface area contributed by atoms with Crippen molar-refractivity contribution in [1.82, 2.24) is 10.2 Å². The molecular weight excluding hydrogens is 226 g/mol. The van der Waals surface area contributed by atoms with Crippen molar-refractivity contribution in [2.75, 3.05) is 19.6 Å². The minimum absolute atomic E-state index is 0.247. The van der Waals surface area contributed by atoms with Crippen molar-refractivity contribution >= 4 is 5.91 Å². The van der Waals surface area contributed by atoms with Gasteiger partial charge in [0.25, 0.3) is 0 Å². The summed E-state index contributed by atoms with van der Waals surface area (Å²) >= 11 is 0. The quantitative estimate of drug-likeness (QED) is 0.627. The Morgan fingerprint density at radius 3 is 2.39 bits per heavy atom. The molecule has 1 unspecified atom stereocenters. The summed E-state index contributed by atoms with van der Waals surface area (Å²) in [5.74, 6) is -0.247. The third kappa shape index (κ3) is 5.83. The molecular formula is C14H31N3O. The van der Waals surface area contributed by atoms with Crippen molar-refractivity contribution in [1.29, 1.82) is 0 Å². The Morgan fingerprint density at radius 1 is 1.39 bits per heavy atom. The molecule has 18 heavy (non-hydrogen) atoms. The summed E-state index contributed by atoms with van der Waals surface area (Å²) < 4.78 is 0. The first-order valence-electron chi connectivity index (χ1n) is 7.16. The van der Waals surface area contributed by atoms with Crippen molar-refractivity contribution < 1.29 is 4.79 Å². The molecule has 0 spiro atoms. The lowest BCUT2D eigenvalue weighted by Crippen LogP contribution is -2.53. The molecule has 0 fully saturated rings. The van der Waals surface area contributed by atoms with E-state index in [1.807, 2.05) is 6.92 Å². The molecule has 0 aliphatic rings. The Labute approximate surface area is 112 Å². The van der Waals surface area contributed by atoms with E-state index in [4.69, 9.17) is 5.73 Å². The van der Waals surface area contributed by atoms with Crippen molar-refractivity contribution in [3.8, 4) is 0 Å². The van der Waals surface area contributed by atoms with Crippen LogP contribution in [0.2, 0.25) is 0 Å². The fourth-order valence-electron chi connectivity index (χ4n) is 2.12. The monoisotopic (exact) mass is 257 g/mol. The average Bonchev–Trinajstić information content (AvgIpc) is 2.31. The second kappa shape index (κ2) is 8.48. The maximum absolute atomic E-state index is 11.6. The molecule has 0 rings (SSSR count). The topological polar surface area (TPSA) is 58.4 Å². The smallest absolute Gasteiger partial charge is 0.237 e. The lowest BCUT2D eigenvalue weighted by Gasteiger charge is -2.30. The van der Waals surface area contributed by atoms with Crippen LogP contribution in [-0.2, 0) is 4.79 Å². The fourth-order valence-corrected chi connectivity index (χ4v) is 2.12. The number of primary amides is 1. The Hall–Kier alpha value is -0.610. The maximum Gasteiger partial charge on any atom is 0.237 e. The van der Waals surface area contributed by atoms with Crippen LogP contribution in [-0.4, -0.2) is 42.0 Å². The van der Waals surface area contributed by atoms with Crippen molar-refractivity contribution in [3.05, 3.63) is 0 Å². The molecule has 0 saturated carbocycles. The van der Waals surface area contributed by atoms with Crippen molar-refractivity contribution in [3.63, 3.8) is 0 Å². The highest BCUT2D eigenvalue weighted by Gasteiger charge is 2.29. The summed E-state index contributed by atoms with van der Waals surface area (Å²) in [5, 5.41) is 3.27. The van der Waals surface area contributed by atoms with Crippen LogP contribution in [0.4, 0.5) is 0 Å². The van der Waals surface area contributed by atoms with E-state index in [1.165, 1.54) is 0 Å². The number of rotatable bonds is 10. The summed E-state index contributed by atoms with van der Waals surface area (Å²) in [6.07, 6.45) is 2.80. The van der Waals surface area contributed by atoms with Crippen LogP contribution in [0.1, 0.15) is 53.9 Å². The molecule has 1 amide bonds. The lowest BCUT2D eigenvalue weighted by molar-refractivity contribution is -0.124. The molecule has 0 aliphatic carbocycles. The summed E-state index contributed by atoms with van der Waals surface area (Å²) in [6.45, 7) is 13.5. The van der Waals surface area contributed by atoms with Gasteiger partial charge in [-0.15, -0.1) is 0 Å². The van der Waals surface area contributed by atoms with Gasteiger partial charge in [-0.05, 0) is 59.7 Å². The van der Waals surface area contributed by atoms with E-state index in [0.717, 1.165) is 38.9 Å². The zero-order chi connectivity index (χ0) is 14.2. The molecule has 0 bridgehead atoms. The largest absolute Gasteiger partial charge is 0.368 e. The molecule has 1 atom stereocenters. The molecule has 0 aromatic rings. The number of nitrogens with two attached hydrogens (primary N) is 1. The van der Waals surface area contributed by atoms with Gasteiger partial charge in [-0.2, -0.15) is 0 Å². The van der Waals surface area contributed by atoms with Gasteiger partial charge in [0.1, 0.15) is 0 Å². The summed E-state index contributed by atoms with van der Waals surface area (Å²) in [6, 6.07) is 0.554. The van der Waals surface area contributed by atoms with Crippen LogP contribution in [0.5, 0.6) is 0 Å². The van der Waals surface area contributed by atoms with Crippen molar-refractivity contribution in [2.45, 2.75) is 65.5 Å². The second-order valence-electron chi connectivity index (χ2n) is 5.45. The van der Waals surface area contributed by atoms with Gasteiger partial charge in [-0.3, -0.25) is 4.79 Å². The highest BCUT2D eigenvalue weighted by Crippen LogP contribution is 2.13. The Bertz CT molecular complexity index is 243. The van der Waals surface area contributed by atoms with Crippen molar-refractivity contribution in [2.24, 2.45) is 5.73 Å². The second-order valence-corrected chi connectivity index (χ2v) is 5.45. The maximum atomic E-state index is 11.6. The van der Waals surface area contributed by atoms with Gasteiger partial charge in [-0.25, -0.2) is 0 Å². The molecule has 0 heterocycles. The fraction of sp³-hybridized carbons (Fsp3) is 0.929. The SMILES string of the molecule is CCCNC(C)(CCCN(CC)C(C)C)C(N)=O. The van der Waals surface area contributed by atoms with E-state index < -0.39 is 5.54 Å². The number of hydrogen-bond acceptors (Lipinski definition) is 3. The normalized spacial score (nSPS) is 15.1. The van der Waals surface area contributed by atoms with Crippen LogP contribution in [0.25, 0.3) is 0 Å². The molecule has 0 radical (unpaired) electrons. The van der Waals surface area contributed by atoms with Gasteiger partial charge in [0, 0.05) is 6.04 Å². The van der Waals surface area contributed by atoms with E-state index in [1.54, 1.807) is 0 Å². The Morgan fingerprint density at radius 2 is 2.00 bits per heavy atom. The van der Waals surface area contributed by atoms with Gasteiger partial charge in [0.2, 0.25) is 5.91 Å². The zero-order valence-corrected chi connectivity index (χ0v) is 12.8. The zero-order valence-electron chi connectivity index (χ0n) is 12.8. The number of nitrogens with zero attached hydrogens (tertiary/aromatic N) is 1. The molecule has 0 aliphatic heterocycles. The Balaban J connectivity index is 4.23. The highest BCUT2D eigenvalue weighted by atomic mass is 16.1. The molecule has 108 valence electrons. The first kappa shape index (κ1) is 17.4. The van der Waals surface area contributed by atoms with Gasteiger partial charge in [0.05, 0.1) is 5.54 Å². The van der Waals surface area contributed by atoms with Gasteiger partial charge in [-0.1, -0.05) is 13.8 Å². The molecule has 3 N–H and O–H groups in total. The van der Waals surface area contributed by atoms with Crippen LogP contribution >= 0.6 is 0 Å². The highest BCUT2D eigenvalue weighted by molar-refractivity contribution is 5.84. The van der Waals surface area contributed by atoms with E-state index in [9.17, 15) is 4.79 Å². The third-order valence-corrected chi connectivity index (χ3v) is 3.57. The average molecular weight is 257 g/mol.